The van der Waals surface area contributed by atoms with Crippen LogP contribution in [0.2, 0.25) is 0 Å². The first-order chi connectivity index (χ1) is 12.9. The largest absolute Gasteiger partial charge is 0.295 e. The molecule has 4 nitrogen and oxygen atoms in total. The fraction of sp³-hybridized carbons (Fsp3) is 0.455. The molecule has 0 bridgehead atoms. The monoisotopic (exact) mass is 386 g/mol. The van der Waals surface area contributed by atoms with Gasteiger partial charge in [0, 0.05) is 31.7 Å². The molecule has 0 amide bonds. The van der Waals surface area contributed by atoms with Crippen LogP contribution in [0.25, 0.3) is 0 Å². The number of sulfonamides is 1. The van der Waals surface area contributed by atoms with Gasteiger partial charge in [-0.05, 0) is 49.9 Å². The van der Waals surface area contributed by atoms with Crippen molar-refractivity contribution in [3.8, 4) is 0 Å². The van der Waals surface area contributed by atoms with E-state index < -0.39 is 10.0 Å². The van der Waals surface area contributed by atoms with Crippen molar-refractivity contribution in [3.63, 3.8) is 0 Å². The van der Waals surface area contributed by atoms with E-state index in [0.29, 0.717) is 18.0 Å². The molecule has 1 aliphatic rings. The third-order valence-corrected chi connectivity index (χ3v) is 7.38. The van der Waals surface area contributed by atoms with E-state index in [9.17, 15) is 8.42 Å². The summed E-state index contributed by atoms with van der Waals surface area (Å²) >= 11 is 0. The van der Waals surface area contributed by atoms with E-state index in [1.54, 1.807) is 16.4 Å². The molecule has 0 N–H and O–H groups in total. The summed E-state index contributed by atoms with van der Waals surface area (Å²) in [4.78, 5) is 2.83. The Labute approximate surface area is 163 Å². The van der Waals surface area contributed by atoms with Gasteiger partial charge in [0.25, 0.3) is 0 Å². The molecule has 0 aromatic heterocycles. The highest BCUT2D eigenvalue weighted by Gasteiger charge is 2.35. The normalized spacial score (nSPS) is 22.0. The van der Waals surface area contributed by atoms with Gasteiger partial charge in [-0.15, -0.1) is 0 Å². The molecule has 146 valence electrons. The number of aryl methyl sites for hydroxylation is 1. The maximum atomic E-state index is 13.1. The van der Waals surface area contributed by atoms with Crippen LogP contribution in [-0.4, -0.2) is 49.3 Å². The lowest BCUT2D eigenvalue weighted by Gasteiger charge is -2.43. The second kappa shape index (κ2) is 8.55. The van der Waals surface area contributed by atoms with Gasteiger partial charge in [0.15, 0.2) is 0 Å². The first kappa shape index (κ1) is 20.1. The van der Waals surface area contributed by atoms with Crippen LogP contribution < -0.4 is 0 Å². The molecular formula is C22H30N2O2S. The van der Waals surface area contributed by atoms with Gasteiger partial charge in [0.1, 0.15) is 0 Å². The lowest BCUT2D eigenvalue weighted by molar-refractivity contribution is 0.0784. The minimum absolute atomic E-state index is 0.196. The quantitative estimate of drug-likeness (QED) is 0.762. The summed E-state index contributed by atoms with van der Waals surface area (Å²) < 4.78 is 27.8. The average molecular weight is 387 g/mol. The molecule has 1 saturated heterocycles. The number of hydrogen-bond donors (Lipinski definition) is 0. The molecule has 2 aromatic carbocycles. The van der Waals surface area contributed by atoms with Gasteiger partial charge in [-0.2, -0.15) is 4.31 Å². The minimum Gasteiger partial charge on any atom is -0.295 e. The maximum Gasteiger partial charge on any atom is 0.243 e. The summed E-state index contributed by atoms with van der Waals surface area (Å²) in [5.74, 6) is 0. The highest BCUT2D eigenvalue weighted by Crippen LogP contribution is 2.24. The Morgan fingerprint density at radius 1 is 0.889 bits per heavy atom. The van der Waals surface area contributed by atoms with Crippen molar-refractivity contribution in [2.24, 2.45) is 0 Å². The zero-order valence-corrected chi connectivity index (χ0v) is 17.3. The molecule has 1 aliphatic heterocycles. The van der Waals surface area contributed by atoms with Crippen LogP contribution in [0, 0.1) is 0 Å². The van der Waals surface area contributed by atoms with Gasteiger partial charge in [-0.25, -0.2) is 8.42 Å². The number of rotatable bonds is 6. The smallest absolute Gasteiger partial charge is 0.243 e. The van der Waals surface area contributed by atoms with Crippen LogP contribution in [0.3, 0.4) is 0 Å². The topological polar surface area (TPSA) is 40.6 Å². The van der Waals surface area contributed by atoms with E-state index in [2.05, 4.69) is 49.9 Å². The molecule has 27 heavy (non-hydrogen) atoms. The lowest BCUT2D eigenvalue weighted by atomic mass is 10.1. The maximum absolute atomic E-state index is 13.1. The van der Waals surface area contributed by atoms with Crippen molar-refractivity contribution in [3.05, 3.63) is 65.7 Å². The zero-order valence-electron chi connectivity index (χ0n) is 16.5. The summed E-state index contributed by atoms with van der Waals surface area (Å²) in [6.45, 7) is 8.35. The predicted octanol–water partition coefficient (Wildman–Crippen LogP) is 3.58. The molecule has 2 unspecified atom stereocenters. The van der Waals surface area contributed by atoms with E-state index in [1.807, 2.05) is 18.2 Å². The highest BCUT2D eigenvalue weighted by atomic mass is 32.2. The summed E-state index contributed by atoms with van der Waals surface area (Å²) in [5.41, 5.74) is 2.48. The predicted molar refractivity (Wildman–Crippen MR) is 110 cm³/mol. The van der Waals surface area contributed by atoms with Gasteiger partial charge >= 0.3 is 0 Å². The second-order valence-corrected chi connectivity index (χ2v) is 9.43. The number of piperazine rings is 1. The van der Waals surface area contributed by atoms with Gasteiger partial charge < -0.3 is 0 Å². The van der Waals surface area contributed by atoms with Crippen molar-refractivity contribution >= 4 is 10.0 Å². The van der Waals surface area contributed by atoms with E-state index >= 15 is 0 Å². The summed E-state index contributed by atoms with van der Waals surface area (Å²) in [7, 11) is -3.44. The van der Waals surface area contributed by atoms with Crippen molar-refractivity contribution in [1.82, 2.24) is 9.21 Å². The average Bonchev–Trinajstić information content (AvgIpc) is 2.68. The number of benzene rings is 2. The first-order valence-corrected chi connectivity index (χ1v) is 11.2. The Kier molecular flexibility index (Phi) is 6.35. The fourth-order valence-corrected chi connectivity index (χ4v) is 5.50. The Morgan fingerprint density at radius 2 is 1.48 bits per heavy atom. The zero-order chi connectivity index (χ0) is 19.4. The molecular weight excluding hydrogens is 356 g/mol. The Bertz CT molecular complexity index is 822. The van der Waals surface area contributed by atoms with Crippen LogP contribution in [-0.2, 0) is 22.9 Å². The number of nitrogens with zero attached hydrogens (tertiary/aromatic N) is 2. The lowest BCUT2D eigenvalue weighted by Crippen LogP contribution is -2.58. The Balaban J connectivity index is 1.68. The molecule has 1 heterocycles. The minimum atomic E-state index is -3.44. The number of hydrogen-bond acceptors (Lipinski definition) is 3. The molecule has 2 aromatic rings. The first-order valence-electron chi connectivity index (χ1n) is 9.80. The van der Waals surface area contributed by atoms with Crippen molar-refractivity contribution in [2.75, 3.05) is 19.6 Å². The Morgan fingerprint density at radius 3 is 2.04 bits per heavy atom. The van der Waals surface area contributed by atoms with E-state index in [1.165, 1.54) is 5.56 Å². The summed E-state index contributed by atoms with van der Waals surface area (Å²) in [6.07, 6.45) is 1.90. The summed E-state index contributed by atoms with van der Waals surface area (Å²) in [5, 5.41) is 0. The van der Waals surface area contributed by atoms with Crippen LogP contribution >= 0.6 is 0 Å². The summed E-state index contributed by atoms with van der Waals surface area (Å²) in [6, 6.07) is 18.2. The van der Waals surface area contributed by atoms with Gasteiger partial charge in [0.05, 0.1) is 4.90 Å². The van der Waals surface area contributed by atoms with Gasteiger partial charge in [-0.1, -0.05) is 49.4 Å². The van der Waals surface area contributed by atoms with Gasteiger partial charge in [-0.3, -0.25) is 4.90 Å². The molecule has 2 atom stereocenters. The Hall–Kier alpha value is -1.69. The molecule has 1 fully saturated rings. The van der Waals surface area contributed by atoms with Crippen molar-refractivity contribution in [1.29, 1.82) is 0 Å². The van der Waals surface area contributed by atoms with Gasteiger partial charge in [0.2, 0.25) is 10.0 Å². The van der Waals surface area contributed by atoms with Crippen LogP contribution in [0.4, 0.5) is 0 Å². The van der Waals surface area contributed by atoms with Crippen molar-refractivity contribution in [2.45, 2.75) is 50.6 Å². The van der Waals surface area contributed by atoms with Crippen LogP contribution in [0.15, 0.2) is 59.5 Å². The van der Waals surface area contributed by atoms with E-state index in [0.717, 1.165) is 24.9 Å². The van der Waals surface area contributed by atoms with E-state index in [-0.39, 0.29) is 12.1 Å². The second-order valence-electron chi connectivity index (χ2n) is 7.49. The fourth-order valence-electron chi connectivity index (χ4n) is 3.89. The van der Waals surface area contributed by atoms with Crippen LogP contribution in [0.5, 0.6) is 0 Å². The SMILES string of the molecule is CCc1ccc(S(=O)(=O)N2CC(C)N(CCc3ccccc3)C(C)C2)cc1. The third-order valence-electron chi connectivity index (χ3n) is 5.54. The van der Waals surface area contributed by atoms with E-state index in [4.69, 9.17) is 0 Å². The molecule has 0 spiro atoms. The third kappa shape index (κ3) is 4.60. The molecule has 5 heteroatoms. The highest BCUT2D eigenvalue weighted by molar-refractivity contribution is 7.89. The molecule has 0 radical (unpaired) electrons. The standard InChI is InChI=1S/C22H30N2O2S/c1-4-20-10-12-22(13-11-20)27(25,26)23-16-18(2)24(19(3)17-23)15-14-21-8-6-5-7-9-21/h5-13,18-19H,4,14-17H2,1-3H3. The molecule has 0 saturated carbocycles. The molecule has 0 aliphatic carbocycles. The molecule has 3 rings (SSSR count). The van der Waals surface area contributed by atoms with Crippen LogP contribution in [0.1, 0.15) is 31.9 Å². The van der Waals surface area contributed by atoms with Crippen molar-refractivity contribution < 1.29 is 8.42 Å².